The highest BCUT2D eigenvalue weighted by Crippen LogP contribution is 2.21. The molecule has 1 fully saturated rings. The molecule has 1 saturated heterocycles. The van der Waals surface area contributed by atoms with Gasteiger partial charge in [-0.1, -0.05) is 17.7 Å². The normalized spacial score (nSPS) is 16.0. The summed E-state index contributed by atoms with van der Waals surface area (Å²) in [7, 11) is 0. The number of carbonyl (C=O) groups excluding carboxylic acids is 1. The quantitative estimate of drug-likeness (QED) is 0.582. The van der Waals surface area contributed by atoms with Crippen LogP contribution in [0.25, 0.3) is 11.0 Å². The Morgan fingerprint density at radius 2 is 2.17 bits per heavy atom. The van der Waals surface area contributed by atoms with E-state index in [9.17, 15) is 4.79 Å². The maximum absolute atomic E-state index is 13.0. The van der Waals surface area contributed by atoms with Gasteiger partial charge in [0, 0.05) is 43.5 Å². The lowest BCUT2D eigenvalue weighted by molar-refractivity contribution is -0.128. The number of fused-ring (bicyclic) bond motifs is 1. The molecule has 3 aromatic rings. The van der Waals surface area contributed by atoms with E-state index in [1.165, 1.54) is 0 Å². The lowest BCUT2D eigenvalue weighted by atomic mass is 10.1. The molecule has 3 heterocycles. The first-order valence-corrected chi connectivity index (χ1v) is 10.2. The highest BCUT2D eigenvalue weighted by molar-refractivity contribution is 6.31. The standard InChI is InChI=1S/C21H24ClN5O2/c22-16-5-6-17-18(13-16)26-19(25-17)4-2-8-24-21(28)20(15-3-1-7-23-14-15)27-9-11-29-12-10-27/h1,3,5-7,13-14,20H,2,4,8-12H2,(H,24,28)(H,25,26)/t20-/m0/s1. The molecule has 1 aliphatic heterocycles. The van der Waals surface area contributed by atoms with Crippen LogP contribution in [-0.4, -0.2) is 58.6 Å². The number of aromatic amines is 1. The molecule has 0 radical (unpaired) electrons. The van der Waals surface area contributed by atoms with Crippen molar-refractivity contribution in [2.75, 3.05) is 32.8 Å². The zero-order valence-corrected chi connectivity index (χ0v) is 16.9. The van der Waals surface area contributed by atoms with Crippen LogP contribution in [0, 0.1) is 0 Å². The van der Waals surface area contributed by atoms with Crippen LogP contribution in [0.1, 0.15) is 23.9 Å². The molecule has 0 bridgehead atoms. The van der Waals surface area contributed by atoms with Gasteiger partial charge in [-0.25, -0.2) is 4.98 Å². The number of amides is 1. The van der Waals surface area contributed by atoms with Crippen LogP contribution < -0.4 is 5.32 Å². The second kappa shape index (κ2) is 9.35. The van der Waals surface area contributed by atoms with Gasteiger partial charge in [0.25, 0.3) is 0 Å². The van der Waals surface area contributed by atoms with Gasteiger partial charge in [-0.2, -0.15) is 0 Å². The van der Waals surface area contributed by atoms with Gasteiger partial charge in [0.1, 0.15) is 11.9 Å². The molecule has 0 saturated carbocycles. The summed E-state index contributed by atoms with van der Waals surface area (Å²) in [6.07, 6.45) is 5.03. The van der Waals surface area contributed by atoms with Crippen molar-refractivity contribution in [1.29, 1.82) is 0 Å². The molecular formula is C21H24ClN5O2. The molecule has 1 aliphatic rings. The molecule has 29 heavy (non-hydrogen) atoms. The second-order valence-electron chi connectivity index (χ2n) is 7.08. The Kier molecular flexibility index (Phi) is 6.39. The predicted octanol–water partition coefficient (Wildman–Crippen LogP) is 2.73. The SMILES string of the molecule is O=C(NCCCc1nc2ccc(Cl)cc2[nH]1)[C@H](c1cccnc1)N1CCOCC1. The van der Waals surface area contributed by atoms with E-state index in [0.29, 0.717) is 24.8 Å². The first-order chi connectivity index (χ1) is 14.2. The van der Waals surface area contributed by atoms with Crippen molar-refractivity contribution in [3.8, 4) is 0 Å². The van der Waals surface area contributed by atoms with E-state index >= 15 is 0 Å². The van der Waals surface area contributed by atoms with Crippen LogP contribution >= 0.6 is 11.6 Å². The molecule has 8 heteroatoms. The first-order valence-electron chi connectivity index (χ1n) is 9.84. The minimum Gasteiger partial charge on any atom is -0.379 e. The molecule has 0 spiro atoms. The molecule has 4 rings (SSSR count). The Morgan fingerprint density at radius 3 is 2.97 bits per heavy atom. The Morgan fingerprint density at radius 1 is 1.31 bits per heavy atom. The number of hydrogen-bond acceptors (Lipinski definition) is 5. The number of benzene rings is 1. The van der Waals surface area contributed by atoms with Gasteiger partial charge in [-0.3, -0.25) is 14.7 Å². The fourth-order valence-corrected chi connectivity index (χ4v) is 3.79. The van der Waals surface area contributed by atoms with Crippen molar-refractivity contribution < 1.29 is 9.53 Å². The first kappa shape index (κ1) is 19.8. The van der Waals surface area contributed by atoms with E-state index < -0.39 is 0 Å². The summed E-state index contributed by atoms with van der Waals surface area (Å²) in [6.45, 7) is 3.32. The van der Waals surface area contributed by atoms with Gasteiger partial charge in [-0.15, -0.1) is 0 Å². The van der Waals surface area contributed by atoms with Crippen LogP contribution in [0.5, 0.6) is 0 Å². The number of ether oxygens (including phenoxy) is 1. The largest absolute Gasteiger partial charge is 0.379 e. The minimum atomic E-state index is -0.346. The molecule has 1 atom stereocenters. The van der Waals surface area contributed by atoms with Crippen LogP contribution in [-0.2, 0) is 16.0 Å². The predicted molar refractivity (Wildman–Crippen MR) is 112 cm³/mol. The van der Waals surface area contributed by atoms with Crippen LogP contribution in [0.2, 0.25) is 5.02 Å². The Bertz CT molecular complexity index is 956. The van der Waals surface area contributed by atoms with Crippen molar-refractivity contribution in [3.05, 3.63) is 59.1 Å². The Hall–Kier alpha value is -2.48. The number of aryl methyl sites for hydroxylation is 1. The summed E-state index contributed by atoms with van der Waals surface area (Å²) >= 11 is 6.02. The van der Waals surface area contributed by atoms with Gasteiger partial charge in [-0.05, 0) is 36.2 Å². The van der Waals surface area contributed by atoms with E-state index in [-0.39, 0.29) is 11.9 Å². The molecule has 2 aromatic heterocycles. The molecular weight excluding hydrogens is 390 g/mol. The topological polar surface area (TPSA) is 83.1 Å². The average molecular weight is 414 g/mol. The molecule has 1 aromatic carbocycles. The maximum Gasteiger partial charge on any atom is 0.242 e. The molecule has 7 nitrogen and oxygen atoms in total. The third-order valence-electron chi connectivity index (χ3n) is 5.04. The third kappa shape index (κ3) is 4.93. The summed E-state index contributed by atoms with van der Waals surface area (Å²) in [5.41, 5.74) is 2.74. The lowest BCUT2D eigenvalue weighted by Crippen LogP contribution is -2.46. The van der Waals surface area contributed by atoms with Crippen molar-refractivity contribution in [3.63, 3.8) is 0 Å². The summed E-state index contributed by atoms with van der Waals surface area (Å²) in [6, 6.07) is 9.08. The highest BCUT2D eigenvalue weighted by Gasteiger charge is 2.28. The number of H-pyrrole nitrogens is 1. The van der Waals surface area contributed by atoms with E-state index in [1.807, 2.05) is 30.3 Å². The van der Waals surface area contributed by atoms with Crippen molar-refractivity contribution in [2.24, 2.45) is 0 Å². The number of hydrogen-bond donors (Lipinski definition) is 2. The fourth-order valence-electron chi connectivity index (χ4n) is 3.62. The number of halogens is 1. The number of morpholine rings is 1. The molecule has 0 aliphatic carbocycles. The number of nitrogens with one attached hydrogen (secondary N) is 2. The van der Waals surface area contributed by atoms with E-state index in [1.54, 1.807) is 12.4 Å². The number of rotatable bonds is 7. The second-order valence-corrected chi connectivity index (χ2v) is 7.51. The van der Waals surface area contributed by atoms with Gasteiger partial charge in [0.05, 0.1) is 24.2 Å². The maximum atomic E-state index is 13.0. The van der Waals surface area contributed by atoms with Gasteiger partial charge in [0.2, 0.25) is 5.91 Å². The van der Waals surface area contributed by atoms with E-state index in [0.717, 1.165) is 48.4 Å². The lowest BCUT2D eigenvalue weighted by Gasteiger charge is -2.33. The van der Waals surface area contributed by atoms with E-state index in [4.69, 9.17) is 16.3 Å². The van der Waals surface area contributed by atoms with Crippen LogP contribution in [0.15, 0.2) is 42.7 Å². The summed E-state index contributed by atoms with van der Waals surface area (Å²) in [5, 5.41) is 3.76. The monoisotopic (exact) mass is 413 g/mol. The molecule has 2 N–H and O–H groups in total. The number of imidazole rings is 1. The number of pyridine rings is 1. The smallest absolute Gasteiger partial charge is 0.242 e. The zero-order chi connectivity index (χ0) is 20.1. The van der Waals surface area contributed by atoms with Crippen LogP contribution in [0.3, 0.4) is 0 Å². The van der Waals surface area contributed by atoms with Crippen molar-refractivity contribution in [1.82, 2.24) is 25.2 Å². The molecule has 0 unspecified atom stereocenters. The fraction of sp³-hybridized carbons (Fsp3) is 0.381. The number of aromatic nitrogens is 3. The van der Waals surface area contributed by atoms with Crippen molar-refractivity contribution >= 4 is 28.5 Å². The minimum absolute atomic E-state index is 0.00344. The Labute approximate surface area is 174 Å². The molecule has 152 valence electrons. The van der Waals surface area contributed by atoms with Crippen LogP contribution in [0.4, 0.5) is 0 Å². The number of nitrogens with zero attached hydrogens (tertiary/aromatic N) is 3. The summed E-state index contributed by atoms with van der Waals surface area (Å²) < 4.78 is 5.44. The zero-order valence-electron chi connectivity index (χ0n) is 16.1. The van der Waals surface area contributed by atoms with Gasteiger partial charge < -0.3 is 15.0 Å². The third-order valence-corrected chi connectivity index (χ3v) is 5.28. The van der Waals surface area contributed by atoms with Gasteiger partial charge >= 0.3 is 0 Å². The van der Waals surface area contributed by atoms with Gasteiger partial charge in [0.15, 0.2) is 0 Å². The highest BCUT2D eigenvalue weighted by atomic mass is 35.5. The summed E-state index contributed by atoms with van der Waals surface area (Å²) in [4.78, 5) is 27.2. The molecule has 1 amide bonds. The van der Waals surface area contributed by atoms with Crippen molar-refractivity contribution in [2.45, 2.75) is 18.9 Å². The average Bonchev–Trinajstić information content (AvgIpc) is 3.15. The van der Waals surface area contributed by atoms with E-state index in [2.05, 4.69) is 25.2 Å². The summed E-state index contributed by atoms with van der Waals surface area (Å²) in [5.74, 6) is 0.893. The number of carbonyl (C=O) groups is 1. The Balaban J connectivity index is 1.34.